The van der Waals surface area contributed by atoms with Gasteiger partial charge in [0.15, 0.2) is 11.5 Å². The normalized spacial score (nSPS) is 18.1. The van der Waals surface area contributed by atoms with Crippen LogP contribution in [0.3, 0.4) is 0 Å². The zero-order valence-corrected chi connectivity index (χ0v) is 15.4. The molecule has 5 rings (SSSR count). The van der Waals surface area contributed by atoms with E-state index in [-0.39, 0.29) is 18.6 Å². The van der Waals surface area contributed by atoms with Crippen LogP contribution in [0.15, 0.2) is 47.0 Å². The van der Waals surface area contributed by atoms with Crippen molar-refractivity contribution < 1.29 is 18.8 Å². The third-order valence-electron chi connectivity index (χ3n) is 5.20. The Morgan fingerprint density at radius 2 is 1.93 bits per heavy atom. The van der Waals surface area contributed by atoms with Crippen molar-refractivity contribution in [1.82, 2.24) is 10.1 Å². The van der Waals surface area contributed by atoms with Crippen molar-refractivity contribution in [3.63, 3.8) is 0 Å². The number of aromatic nitrogens is 2. The summed E-state index contributed by atoms with van der Waals surface area (Å²) in [5.41, 5.74) is 2.94. The van der Waals surface area contributed by atoms with Gasteiger partial charge < -0.3 is 18.9 Å². The minimum Gasteiger partial charge on any atom is -0.454 e. The van der Waals surface area contributed by atoms with Crippen LogP contribution >= 0.6 is 0 Å². The van der Waals surface area contributed by atoms with Gasteiger partial charge in [0.05, 0.1) is 5.92 Å². The molecule has 2 aliphatic heterocycles. The van der Waals surface area contributed by atoms with Gasteiger partial charge in [0, 0.05) is 24.2 Å². The number of fused-ring (bicyclic) bond motifs is 1. The zero-order valence-electron chi connectivity index (χ0n) is 15.4. The lowest BCUT2D eigenvalue weighted by molar-refractivity contribution is -0.117. The summed E-state index contributed by atoms with van der Waals surface area (Å²) in [4.78, 5) is 18.8. The molecular weight excluding hydrogens is 358 g/mol. The number of carbonyl (C=O) groups excluding carboxylic acids is 1. The van der Waals surface area contributed by atoms with Crippen molar-refractivity contribution in [1.29, 1.82) is 0 Å². The summed E-state index contributed by atoms with van der Waals surface area (Å²) in [5, 5.41) is 4.09. The number of benzene rings is 2. The molecule has 0 N–H and O–H groups in total. The van der Waals surface area contributed by atoms with E-state index in [1.54, 1.807) is 4.90 Å². The number of hydrogen-bond acceptors (Lipinski definition) is 6. The molecule has 1 amide bonds. The van der Waals surface area contributed by atoms with E-state index in [2.05, 4.69) is 29.2 Å². The highest BCUT2D eigenvalue weighted by atomic mass is 16.7. The van der Waals surface area contributed by atoms with Crippen LogP contribution in [0.5, 0.6) is 11.5 Å². The second-order valence-corrected chi connectivity index (χ2v) is 6.95. The minimum atomic E-state index is -0.117. The molecule has 7 heteroatoms. The van der Waals surface area contributed by atoms with Crippen molar-refractivity contribution in [2.45, 2.75) is 25.7 Å². The van der Waals surface area contributed by atoms with Gasteiger partial charge >= 0.3 is 0 Å². The Balaban J connectivity index is 1.35. The van der Waals surface area contributed by atoms with Crippen LogP contribution in [0, 0.1) is 0 Å². The maximum atomic E-state index is 12.5. The average molecular weight is 377 g/mol. The van der Waals surface area contributed by atoms with E-state index in [9.17, 15) is 4.79 Å². The highest BCUT2D eigenvalue weighted by molar-refractivity contribution is 5.96. The van der Waals surface area contributed by atoms with Gasteiger partial charge in [-0.3, -0.25) is 4.79 Å². The van der Waals surface area contributed by atoms with Crippen LogP contribution in [-0.2, 0) is 11.2 Å². The largest absolute Gasteiger partial charge is 0.454 e. The predicted molar refractivity (Wildman–Crippen MR) is 101 cm³/mol. The van der Waals surface area contributed by atoms with Gasteiger partial charge in [-0.05, 0) is 42.3 Å². The molecule has 1 unspecified atom stereocenters. The molecule has 1 fully saturated rings. The number of amides is 1. The fraction of sp³-hybridized carbons (Fsp3) is 0.286. The number of carbonyl (C=O) groups is 1. The Labute approximate surface area is 161 Å². The smallest absolute Gasteiger partial charge is 0.232 e. The van der Waals surface area contributed by atoms with Gasteiger partial charge in [-0.2, -0.15) is 4.98 Å². The van der Waals surface area contributed by atoms with Gasteiger partial charge in [0.1, 0.15) is 0 Å². The summed E-state index contributed by atoms with van der Waals surface area (Å²) in [6.45, 7) is 2.86. The van der Waals surface area contributed by atoms with Crippen LogP contribution in [0.4, 0.5) is 5.69 Å². The molecule has 1 aromatic heterocycles. The average Bonchev–Trinajstić information content (AvgIpc) is 3.46. The van der Waals surface area contributed by atoms with Crippen molar-refractivity contribution in [2.75, 3.05) is 18.2 Å². The maximum absolute atomic E-state index is 12.5. The first-order chi connectivity index (χ1) is 13.7. The van der Waals surface area contributed by atoms with Crippen LogP contribution in [-0.4, -0.2) is 29.4 Å². The first-order valence-electron chi connectivity index (χ1n) is 9.34. The molecule has 0 saturated carbocycles. The molecule has 142 valence electrons. The SMILES string of the molecule is CCc1ccc(N2CC(c3nc(-c4ccc5c(c4)OCO5)no3)CC2=O)cc1. The van der Waals surface area contributed by atoms with Gasteiger partial charge in [0.25, 0.3) is 0 Å². The van der Waals surface area contributed by atoms with Crippen LogP contribution in [0.2, 0.25) is 0 Å². The topological polar surface area (TPSA) is 77.7 Å². The minimum absolute atomic E-state index is 0.0667. The molecule has 0 spiro atoms. The predicted octanol–water partition coefficient (Wildman–Crippen LogP) is 3.55. The highest BCUT2D eigenvalue weighted by Crippen LogP contribution is 2.36. The number of nitrogens with zero attached hydrogens (tertiary/aromatic N) is 3. The second-order valence-electron chi connectivity index (χ2n) is 6.95. The first-order valence-corrected chi connectivity index (χ1v) is 9.34. The molecule has 3 heterocycles. The summed E-state index contributed by atoms with van der Waals surface area (Å²) in [6, 6.07) is 13.6. The lowest BCUT2D eigenvalue weighted by Crippen LogP contribution is -2.24. The van der Waals surface area contributed by atoms with Crippen molar-refractivity contribution in [3.05, 3.63) is 53.9 Å². The standard InChI is InChI=1S/C21H19N3O4/c1-2-13-3-6-16(7-4-13)24-11-15(10-19(24)25)21-22-20(23-28-21)14-5-8-17-18(9-14)27-12-26-17/h3-9,15H,2,10-12H2,1H3. The summed E-state index contributed by atoms with van der Waals surface area (Å²) in [6.07, 6.45) is 1.33. The summed E-state index contributed by atoms with van der Waals surface area (Å²) in [5.74, 6) is 2.28. The molecule has 1 atom stereocenters. The van der Waals surface area contributed by atoms with Crippen LogP contribution < -0.4 is 14.4 Å². The van der Waals surface area contributed by atoms with E-state index in [4.69, 9.17) is 14.0 Å². The Hall–Kier alpha value is -3.35. The fourth-order valence-corrected chi connectivity index (χ4v) is 3.59. The monoisotopic (exact) mass is 377 g/mol. The Morgan fingerprint density at radius 3 is 2.75 bits per heavy atom. The number of rotatable bonds is 4. The third kappa shape index (κ3) is 2.89. The van der Waals surface area contributed by atoms with Crippen LogP contribution in [0.1, 0.15) is 30.7 Å². The molecule has 0 aliphatic carbocycles. The van der Waals surface area contributed by atoms with Crippen molar-refractivity contribution in [3.8, 4) is 22.9 Å². The molecule has 3 aromatic rings. The Kier molecular flexibility index (Phi) is 4.00. The van der Waals surface area contributed by atoms with Gasteiger partial charge in [-0.25, -0.2) is 0 Å². The summed E-state index contributed by atoms with van der Waals surface area (Å²) in [7, 11) is 0. The number of ether oxygens (including phenoxy) is 2. The quantitative estimate of drug-likeness (QED) is 0.692. The van der Waals surface area contributed by atoms with Crippen molar-refractivity contribution in [2.24, 2.45) is 0 Å². The molecule has 0 radical (unpaired) electrons. The highest BCUT2D eigenvalue weighted by Gasteiger charge is 2.35. The molecular formula is C21H19N3O4. The fourth-order valence-electron chi connectivity index (χ4n) is 3.59. The first kappa shape index (κ1) is 16.8. The van der Waals surface area contributed by atoms with Crippen LogP contribution in [0.25, 0.3) is 11.4 Å². The van der Waals surface area contributed by atoms with E-state index in [1.807, 2.05) is 30.3 Å². The summed E-state index contributed by atoms with van der Waals surface area (Å²) >= 11 is 0. The van der Waals surface area contributed by atoms with Gasteiger partial charge in [-0.15, -0.1) is 0 Å². The van der Waals surface area contributed by atoms with E-state index >= 15 is 0 Å². The summed E-state index contributed by atoms with van der Waals surface area (Å²) < 4.78 is 16.2. The molecule has 1 saturated heterocycles. The zero-order chi connectivity index (χ0) is 19.1. The van der Waals surface area contributed by atoms with E-state index in [0.717, 1.165) is 17.7 Å². The number of aryl methyl sites for hydroxylation is 1. The third-order valence-corrected chi connectivity index (χ3v) is 5.20. The molecule has 0 bridgehead atoms. The van der Waals surface area contributed by atoms with E-state index in [0.29, 0.717) is 36.2 Å². The maximum Gasteiger partial charge on any atom is 0.232 e. The second kappa shape index (κ2) is 6.67. The molecule has 2 aliphatic rings. The number of hydrogen-bond donors (Lipinski definition) is 0. The van der Waals surface area contributed by atoms with Gasteiger partial charge in [-0.1, -0.05) is 24.2 Å². The lowest BCUT2D eigenvalue weighted by atomic mass is 10.1. The Bertz CT molecular complexity index is 1030. The molecule has 28 heavy (non-hydrogen) atoms. The Morgan fingerprint density at radius 1 is 1.11 bits per heavy atom. The molecule has 7 nitrogen and oxygen atoms in total. The molecule has 2 aromatic carbocycles. The van der Waals surface area contributed by atoms with Gasteiger partial charge in [0.2, 0.25) is 24.4 Å². The van der Waals surface area contributed by atoms with E-state index in [1.165, 1.54) is 5.56 Å². The van der Waals surface area contributed by atoms with E-state index < -0.39 is 0 Å². The lowest BCUT2D eigenvalue weighted by Gasteiger charge is -2.16. The van der Waals surface area contributed by atoms with Crippen molar-refractivity contribution >= 4 is 11.6 Å². The number of anilines is 1.